The van der Waals surface area contributed by atoms with Crippen molar-refractivity contribution in [1.29, 1.82) is 0 Å². The maximum atomic E-state index is 5.83. The van der Waals surface area contributed by atoms with Crippen LogP contribution in [0.3, 0.4) is 0 Å². The number of aromatic nitrogens is 1. The second-order valence-corrected chi connectivity index (χ2v) is 7.23. The topological polar surface area (TPSA) is 22.1 Å². The highest BCUT2D eigenvalue weighted by Crippen LogP contribution is 2.39. The van der Waals surface area contributed by atoms with Crippen molar-refractivity contribution < 1.29 is 4.74 Å². The minimum atomic E-state index is 0.828. The van der Waals surface area contributed by atoms with E-state index in [0.717, 1.165) is 44.6 Å². The van der Waals surface area contributed by atoms with Gasteiger partial charge < -0.3 is 4.74 Å². The molecule has 0 radical (unpaired) electrons. The van der Waals surface area contributed by atoms with Crippen molar-refractivity contribution in [3.8, 4) is 39.3 Å². The van der Waals surface area contributed by atoms with E-state index in [0.29, 0.717) is 0 Å². The van der Waals surface area contributed by atoms with Crippen LogP contribution in [-0.2, 0) is 0 Å². The molecule has 30 heavy (non-hydrogen) atoms. The Kier molecular flexibility index (Phi) is 4.74. The number of methoxy groups -OCH3 is 1. The van der Waals surface area contributed by atoms with E-state index in [4.69, 9.17) is 9.72 Å². The highest BCUT2D eigenvalue weighted by atomic mass is 16.5. The normalized spacial score (nSPS) is 10.8. The number of nitrogens with zero attached hydrogens (tertiary/aromatic N) is 1. The Bertz CT molecular complexity index is 1300. The van der Waals surface area contributed by atoms with Crippen molar-refractivity contribution >= 4 is 10.9 Å². The van der Waals surface area contributed by atoms with Crippen LogP contribution in [0.4, 0.5) is 0 Å². The van der Waals surface area contributed by atoms with E-state index >= 15 is 0 Å². The van der Waals surface area contributed by atoms with Crippen molar-refractivity contribution in [2.45, 2.75) is 0 Å². The number of benzene rings is 4. The average molecular weight is 387 g/mol. The molecule has 0 amide bonds. The molecule has 0 N–H and O–H groups in total. The van der Waals surface area contributed by atoms with E-state index in [1.165, 1.54) is 5.56 Å². The van der Waals surface area contributed by atoms with E-state index in [1.54, 1.807) is 7.11 Å². The Balaban J connectivity index is 1.84. The first-order valence-corrected chi connectivity index (χ1v) is 10.0. The molecule has 144 valence electrons. The van der Waals surface area contributed by atoms with E-state index in [2.05, 4.69) is 72.8 Å². The first kappa shape index (κ1) is 18.1. The van der Waals surface area contributed by atoms with Gasteiger partial charge in [-0.05, 0) is 28.8 Å². The summed E-state index contributed by atoms with van der Waals surface area (Å²) in [6, 6.07) is 37.5. The summed E-state index contributed by atoms with van der Waals surface area (Å²) in [5.41, 5.74) is 7.48. The number of pyridine rings is 1. The van der Waals surface area contributed by atoms with Gasteiger partial charge in [-0.3, -0.25) is 0 Å². The van der Waals surface area contributed by atoms with Crippen LogP contribution in [0.5, 0.6) is 5.75 Å². The first-order valence-electron chi connectivity index (χ1n) is 10.0. The lowest BCUT2D eigenvalue weighted by Gasteiger charge is -2.15. The summed E-state index contributed by atoms with van der Waals surface area (Å²) in [5.74, 6) is 0.828. The molecule has 4 aromatic carbocycles. The molecule has 0 spiro atoms. The summed E-state index contributed by atoms with van der Waals surface area (Å²) < 4.78 is 5.83. The molecule has 0 unspecified atom stereocenters. The van der Waals surface area contributed by atoms with Gasteiger partial charge in [-0.1, -0.05) is 91.0 Å². The Hall–Kier alpha value is -3.91. The van der Waals surface area contributed by atoms with Crippen LogP contribution in [-0.4, -0.2) is 12.1 Å². The van der Waals surface area contributed by atoms with Crippen molar-refractivity contribution in [1.82, 2.24) is 4.98 Å². The molecule has 1 heterocycles. The average Bonchev–Trinajstić information content (AvgIpc) is 2.84. The van der Waals surface area contributed by atoms with Gasteiger partial charge in [0.1, 0.15) is 5.75 Å². The van der Waals surface area contributed by atoms with Crippen LogP contribution in [0.2, 0.25) is 0 Å². The van der Waals surface area contributed by atoms with Gasteiger partial charge in [-0.15, -0.1) is 0 Å². The quantitative estimate of drug-likeness (QED) is 0.324. The van der Waals surface area contributed by atoms with Crippen LogP contribution in [0, 0.1) is 0 Å². The van der Waals surface area contributed by atoms with Gasteiger partial charge in [-0.25, -0.2) is 4.98 Å². The van der Waals surface area contributed by atoms with E-state index in [-0.39, 0.29) is 0 Å². The summed E-state index contributed by atoms with van der Waals surface area (Å²) in [4.78, 5) is 5.09. The number of fused-ring (bicyclic) bond motifs is 1. The van der Waals surface area contributed by atoms with Gasteiger partial charge in [0.25, 0.3) is 0 Å². The molecule has 1 aromatic heterocycles. The summed E-state index contributed by atoms with van der Waals surface area (Å²) in [7, 11) is 1.72. The van der Waals surface area contributed by atoms with Crippen molar-refractivity contribution in [3.63, 3.8) is 0 Å². The Morgan fingerprint density at radius 1 is 0.567 bits per heavy atom. The highest BCUT2D eigenvalue weighted by molar-refractivity contribution is 6.01. The fourth-order valence-corrected chi connectivity index (χ4v) is 3.86. The maximum Gasteiger partial charge on any atom is 0.130 e. The van der Waals surface area contributed by atoms with Gasteiger partial charge in [0.05, 0.1) is 18.3 Å². The van der Waals surface area contributed by atoms with Gasteiger partial charge in [0, 0.05) is 22.6 Å². The number of rotatable bonds is 4. The molecule has 0 bridgehead atoms. The summed E-state index contributed by atoms with van der Waals surface area (Å²) in [5, 5.41) is 1.01. The molecule has 0 atom stereocenters. The lowest BCUT2D eigenvalue weighted by Crippen LogP contribution is -1.94. The van der Waals surface area contributed by atoms with E-state index in [1.807, 2.05) is 36.4 Å². The maximum absolute atomic E-state index is 5.83. The zero-order valence-corrected chi connectivity index (χ0v) is 16.7. The minimum absolute atomic E-state index is 0.828. The largest absolute Gasteiger partial charge is 0.496 e. The predicted octanol–water partition coefficient (Wildman–Crippen LogP) is 7.24. The van der Waals surface area contributed by atoms with E-state index in [9.17, 15) is 0 Å². The van der Waals surface area contributed by atoms with E-state index < -0.39 is 0 Å². The molecular weight excluding hydrogens is 366 g/mol. The van der Waals surface area contributed by atoms with Crippen molar-refractivity contribution in [2.24, 2.45) is 0 Å². The third kappa shape index (κ3) is 3.33. The number of hydrogen-bond donors (Lipinski definition) is 0. The van der Waals surface area contributed by atoms with Crippen LogP contribution in [0.15, 0.2) is 109 Å². The molecule has 0 aliphatic rings. The SMILES string of the molecule is COc1cc(-c2ccccc2)nc2c(-c3ccccc3)cc(-c3ccccc3)cc12. The Labute approximate surface area is 176 Å². The molecule has 5 aromatic rings. The third-order valence-electron chi connectivity index (χ3n) is 5.36. The van der Waals surface area contributed by atoms with Crippen LogP contribution in [0.25, 0.3) is 44.4 Å². The standard InChI is InChI=1S/C28H21NO/c1-30-27-19-26(22-15-9-4-10-16-22)29-28-24(21-13-7-3-8-14-21)17-23(18-25(27)28)20-11-5-2-6-12-20/h2-19H,1H3. The molecule has 2 heteroatoms. The molecule has 0 aliphatic heterocycles. The molecule has 0 saturated heterocycles. The molecular formula is C28H21NO. The highest BCUT2D eigenvalue weighted by Gasteiger charge is 2.15. The predicted molar refractivity (Wildman–Crippen MR) is 125 cm³/mol. The Morgan fingerprint density at radius 3 is 1.73 bits per heavy atom. The van der Waals surface area contributed by atoms with Crippen LogP contribution in [0.1, 0.15) is 0 Å². The lowest BCUT2D eigenvalue weighted by molar-refractivity contribution is 0.419. The lowest BCUT2D eigenvalue weighted by atomic mass is 9.94. The molecule has 5 rings (SSSR count). The summed E-state index contributed by atoms with van der Waals surface area (Å²) >= 11 is 0. The molecule has 0 saturated carbocycles. The van der Waals surface area contributed by atoms with Gasteiger partial charge >= 0.3 is 0 Å². The third-order valence-corrected chi connectivity index (χ3v) is 5.36. The summed E-state index contributed by atoms with van der Waals surface area (Å²) in [6.45, 7) is 0. The summed E-state index contributed by atoms with van der Waals surface area (Å²) in [6.07, 6.45) is 0. The zero-order chi connectivity index (χ0) is 20.3. The van der Waals surface area contributed by atoms with Gasteiger partial charge in [-0.2, -0.15) is 0 Å². The second kappa shape index (κ2) is 7.84. The smallest absolute Gasteiger partial charge is 0.130 e. The second-order valence-electron chi connectivity index (χ2n) is 7.23. The molecule has 0 aliphatic carbocycles. The van der Waals surface area contributed by atoms with Gasteiger partial charge in [0.2, 0.25) is 0 Å². The number of hydrogen-bond acceptors (Lipinski definition) is 2. The Morgan fingerprint density at radius 2 is 1.13 bits per heavy atom. The zero-order valence-electron chi connectivity index (χ0n) is 16.7. The number of ether oxygens (including phenoxy) is 1. The van der Waals surface area contributed by atoms with Crippen molar-refractivity contribution in [2.75, 3.05) is 7.11 Å². The molecule has 2 nitrogen and oxygen atoms in total. The monoisotopic (exact) mass is 387 g/mol. The molecule has 0 fully saturated rings. The fourth-order valence-electron chi connectivity index (χ4n) is 3.86. The van der Waals surface area contributed by atoms with Crippen molar-refractivity contribution in [3.05, 3.63) is 109 Å². The minimum Gasteiger partial charge on any atom is -0.496 e. The van der Waals surface area contributed by atoms with Gasteiger partial charge in [0.15, 0.2) is 0 Å². The van der Waals surface area contributed by atoms with Crippen LogP contribution >= 0.6 is 0 Å². The first-order chi connectivity index (χ1) is 14.8. The fraction of sp³-hybridized carbons (Fsp3) is 0.0357. The van der Waals surface area contributed by atoms with Crippen LogP contribution < -0.4 is 4.74 Å².